The van der Waals surface area contributed by atoms with Gasteiger partial charge < -0.3 is 24.6 Å². The summed E-state index contributed by atoms with van der Waals surface area (Å²) >= 11 is 12.7. The number of amides is 3. The van der Waals surface area contributed by atoms with E-state index in [9.17, 15) is 29.1 Å². The van der Waals surface area contributed by atoms with Crippen molar-refractivity contribution in [3.05, 3.63) is 93.5 Å². The number of hydrogen-bond acceptors (Lipinski definition) is 9. The molecule has 0 saturated heterocycles. The number of guanidine groups is 1. The second kappa shape index (κ2) is 17.0. The number of carboxylic acid groups (broad SMARTS) is 1. The van der Waals surface area contributed by atoms with Crippen molar-refractivity contribution < 1.29 is 43.3 Å². The second-order valence-electron chi connectivity index (χ2n) is 12.8. The summed E-state index contributed by atoms with van der Waals surface area (Å²) in [7, 11) is 0. The molecule has 15 heteroatoms. The highest BCUT2D eigenvalue weighted by Gasteiger charge is 2.23. The summed E-state index contributed by atoms with van der Waals surface area (Å²) < 4.78 is 15.9. The Morgan fingerprint density at radius 1 is 0.800 bits per heavy atom. The lowest BCUT2D eigenvalue weighted by molar-refractivity contribution is -0.141. The fourth-order valence-electron chi connectivity index (χ4n) is 4.10. The third kappa shape index (κ3) is 13.4. The minimum Gasteiger partial charge on any atom is -0.480 e. The Hall–Kier alpha value is -5.14. The Kier molecular flexibility index (Phi) is 13.4. The summed E-state index contributed by atoms with van der Waals surface area (Å²) in [6, 6.07) is 16.0. The van der Waals surface area contributed by atoms with Crippen LogP contribution in [0.3, 0.4) is 0 Å². The summed E-state index contributed by atoms with van der Waals surface area (Å²) in [5.74, 6) is -2.94. The van der Waals surface area contributed by atoms with Gasteiger partial charge in [0, 0.05) is 17.5 Å². The van der Waals surface area contributed by atoms with Crippen molar-refractivity contribution in [1.82, 2.24) is 16.0 Å². The number of alkyl carbamates (subject to hydrolysis) is 2. The number of carboxylic acids is 1. The number of esters is 1. The quantitative estimate of drug-likeness (QED) is 0.0816. The first-order valence-corrected chi connectivity index (χ1v) is 16.0. The molecule has 3 aromatic rings. The van der Waals surface area contributed by atoms with Gasteiger partial charge in [-0.1, -0.05) is 53.5 Å². The molecule has 4 N–H and O–H groups in total. The molecule has 50 heavy (non-hydrogen) atoms. The van der Waals surface area contributed by atoms with E-state index in [4.69, 9.17) is 37.4 Å². The van der Waals surface area contributed by atoms with E-state index in [0.29, 0.717) is 0 Å². The largest absolute Gasteiger partial charge is 0.480 e. The number of nitrogens with one attached hydrogen (secondary N) is 3. The molecule has 0 fully saturated rings. The van der Waals surface area contributed by atoms with Crippen LogP contribution in [-0.2, 0) is 31.9 Å². The maximum absolute atomic E-state index is 12.9. The average molecular weight is 730 g/mol. The molecule has 0 unspecified atom stereocenters. The normalized spacial score (nSPS) is 11.8. The van der Waals surface area contributed by atoms with Crippen LogP contribution in [0.4, 0.5) is 15.3 Å². The van der Waals surface area contributed by atoms with Gasteiger partial charge in [-0.3, -0.25) is 15.4 Å². The Labute approximate surface area is 299 Å². The lowest BCUT2D eigenvalue weighted by atomic mass is 10.1. The van der Waals surface area contributed by atoms with Crippen molar-refractivity contribution in [3.8, 4) is 5.75 Å². The smallest absolute Gasteiger partial charge is 0.414 e. The molecule has 3 aromatic carbocycles. The molecule has 0 bridgehead atoms. The van der Waals surface area contributed by atoms with Crippen LogP contribution in [0.5, 0.6) is 5.75 Å². The lowest BCUT2D eigenvalue weighted by Gasteiger charge is -2.22. The molecule has 0 aromatic heterocycles. The van der Waals surface area contributed by atoms with Crippen LogP contribution in [0, 0.1) is 0 Å². The van der Waals surface area contributed by atoms with Gasteiger partial charge in [0.15, 0.2) is 5.75 Å². The number of rotatable bonds is 9. The zero-order chi connectivity index (χ0) is 37.2. The third-order valence-corrected chi connectivity index (χ3v) is 6.80. The Bertz CT molecular complexity index is 1720. The molecule has 0 radical (unpaired) electrons. The number of halogens is 2. The van der Waals surface area contributed by atoms with Crippen LogP contribution in [0.1, 0.15) is 63.0 Å². The van der Waals surface area contributed by atoms with Crippen molar-refractivity contribution in [1.29, 1.82) is 0 Å². The van der Waals surface area contributed by atoms with E-state index in [-0.39, 0.29) is 51.4 Å². The molecule has 13 nitrogen and oxygen atoms in total. The van der Waals surface area contributed by atoms with Crippen molar-refractivity contribution >= 4 is 64.9 Å². The van der Waals surface area contributed by atoms with Gasteiger partial charge in [0.05, 0.1) is 22.7 Å². The molecule has 0 aliphatic rings. The van der Waals surface area contributed by atoms with Gasteiger partial charge in [0.25, 0.3) is 0 Å². The van der Waals surface area contributed by atoms with Gasteiger partial charge >= 0.3 is 24.1 Å². The Morgan fingerprint density at radius 2 is 1.36 bits per heavy atom. The van der Waals surface area contributed by atoms with E-state index < -0.39 is 47.3 Å². The summed E-state index contributed by atoms with van der Waals surface area (Å²) in [5.41, 5.74) is -0.277. The zero-order valence-electron chi connectivity index (χ0n) is 28.3. The highest BCUT2D eigenvalue weighted by molar-refractivity contribution is 6.35. The molecule has 0 heterocycles. The molecule has 3 rings (SSSR count). The van der Waals surface area contributed by atoms with Crippen LogP contribution >= 0.6 is 23.2 Å². The van der Waals surface area contributed by atoms with E-state index in [2.05, 4.69) is 20.9 Å². The average Bonchev–Trinajstić information content (AvgIpc) is 2.98. The predicted molar refractivity (Wildman–Crippen MR) is 187 cm³/mol. The summed E-state index contributed by atoms with van der Waals surface area (Å²) in [6.45, 7) is 10.0. The number of benzene rings is 3. The maximum atomic E-state index is 12.9. The van der Waals surface area contributed by atoms with Crippen LogP contribution in [0.15, 0.2) is 71.7 Å². The second-order valence-corrected chi connectivity index (χ2v) is 13.7. The van der Waals surface area contributed by atoms with Crippen LogP contribution in [-0.4, -0.2) is 58.3 Å². The highest BCUT2D eigenvalue weighted by atomic mass is 35.5. The fourth-order valence-corrected chi connectivity index (χ4v) is 4.54. The minimum absolute atomic E-state index is 0.0167. The van der Waals surface area contributed by atoms with Gasteiger partial charge in [-0.05, 0) is 83.0 Å². The molecule has 0 aliphatic heterocycles. The number of aliphatic carboxylic acids is 1. The molecular formula is C35H38Cl2N4O9. The van der Waals surface area contributed by atoms with Gasteiger partial charge in [-0.15, -0.1) is 0 Å². The lowest BCUT2D eigenvalue weighted by Crippen LogP contribution is -2.47. The van der Waals surface area contributed by atoms with E-state index in [0.717, 1.165) is 5.56 Å². The molecule has 3 amide bonds. The van der Waals surface area contributed by atoms with Gasteiger partial charge in [-0.25, -0.2) is 24.2 Å². The number of carbonyl (C=O) groups is 5. The van der Waals surface area contributed by atoms with E-state index in [1.165, 1.54) is 36.4 Å². The van der Waals surface area contributed by atoms with Crippen molar-refractivity contribution in [2.24, 2.45) is 4.99 Å². The third-order valence-electron chi connectivity index (χ3n) is 6.15. The first-order chi connectivity index (χ1) is 23.3. The number of hydrogen-bond donors (Lipinski definition) is 4. The number of ether oxygens (including phenoxy) is 3. The molecule has 0 saturated carbocycles. The monoisotopic (exact) mass is 728 g/mol. The number of aliphatic imine (C=N–C) groups is 1. The predicted octanol–water partition coefficient (Wildman–Crippen LogP) is 6.60. The highest BCUT2D eigenvalue weighted by Crippen LogP contribution is 2.32. The SMILES string of the molecule is CC(C)(C)OC(=O)NC(=Nc1ccc(C(=O)Oc2cc(Cl)c(CC(=O)N[C@@H](Cc3ccccc3)C(=O)O)cc2Cl)cc1)NC(=O)OC(C)(C)C. The van der Waals surface area contributed by atoms with Crippen molar-refractivity contribution in [2.75, 3.05) is 0 Å². The van der Waals surface area contributed by atoms with Crippen molar-refractivity contribution in [3.63, 3.8) is 0 Å². The summed E-state index contributed by atoms with van der Waals surface area (Å²) in [4.78, 5) is 66.4. The molecule has 266 valence electrons. The first kappa shape index (κ1) is 39.3. The zero-order valence-corrected chi connectivity index (χ0v) is 29.8. The number of carbonyl (C=O) groups excluding carboxylic acids is 4. The molecular weight excluding hydrogens is 691 g/mol. The molecule has 1 atom stereocenters. The van der Waals surface area contributed by atoms with Gasteiger partial charge in [0.1, 0.15) is 17.2 Å². The molecule has 0 spiro atoms. The maximum Gasteiger partial charge on any atom is 0.414 e. The fraction of sp³-hybridized carbons (Fsp3) is 0.314. The van der Waals surface area contributed by atoms with Crippen LogP contribution in [0.2, 0.25) is 10.0 Å². The van der Waals surface area contributed by atoms with Crippen molar-refractivity contribution in [2.45, 2.75) is 71.6 Å². The summed E-state index contributed by atoms with van der Waals surface area (Å²) in [6.07, 6.45) is -1.93. The van der Waals surface area contributed by atoms with E-state index in [1.807, 2.05) is 0 Å². The van der Waals surface area contributed by atoms with Gasteiger partial charge in [-0.2, -0.15) is 0 Å². The Balaban J connectivity index is 1.70. The van der Waals surface area contributed by atoms with E-state index >= 15 is 0 Å². The summed E-state index contributed by atoms with van der Waals surface area (Å²) in [5, 5.41) is 16.9. The number of nitrogens with zero attached hydrogens (tertiary/aromatic N) is 1. The van der Waals surface area contributed by atoms with Gasteiger partial charge in [0.2, 0.25) is 11.9 Å². The first-order valence-electron chi connectivity index (χ1n) is 15.2. The van der Waals surface area contributed by atoms with Crippen LogP contribution < -0.4 is 20.7 Å². The topological polar surface area (TPSA) is 182 Å². The minimum atomic E-state index is -1.19. The van der Waals surface area contributed by atoms with Crippen LogP contribution in [0.25, 0.3) is 0 Å². The Morgan fingerprint density at radius 3 is 1.88 bits per heavy atom. The standard InChI is InChI=1S/C35H38Cl2N4O9/c1-34(2,3)49-32(46)40-31(41-33(47)50-35(4,5)6)38-23-14-12-21(13-15-23)30(45)48-27-19-24(36)22(17-25(27)37)18-28(42)39-26(29(43)44)16-20-10-8-7-9-11-20/h7-15,17,19,26H,16,18H2,1-6H3,(H,39,42)(H,43,44)(H2,38,40,41,46,47)/t26-/m0/s1. The molecule has 0 aliphatic carbocycles. The van der Waals surface area contributed by atoms with E-state index in [1.54, 1.807) is 71.9 Å².